The minimum Gasteiger partial charge on any atom is -0.445 e. The molecule has 0 radical (unpaired) electrons. The largest absolute Gasteiger partial charge is 0.445 e. The summed E-state index contributed by atoms with van der Waals surface area (Å²) in [5, 5.41) is 2.57. The van der Waals surface area contributed by atoms with E-state index in [9.17, 15) is 9.18 Å². The lowest BCUT2D eigenvalue weighted by atomic mass is 9.72. The topological polar surface area (TPSA) is 41.6 Å². The van der Waals surface area contributed by atoms with E-state index in [1.54, 1.807) is 19.2 Å². The fourth-order valence-electron chi connectivity index (χ4n) is 5.81. The number of amides is 1. The van der Waals surface area contributed by atoms with Crippen LogP contribution in [0.3, 0.4) is 0 Å². The summed E-state index contributed by atoms with van der Waals surface area (Å²) in [6, 6.07) is 7.04. The van der Waals surface area contributed by atoms with E-state index in [1.807, 2.05) is 6.07 Å². The number of piperidine rings is 1. The highest BCUT2D eigenvalue weighted by Gasteiger charge is 2.39. The molecule has 0 saturated carbocycles. The van der Waals surface area contributed by atoms with Crippen molar-refractivity contribution >= 4 is 6.09 Å². The minimum atomic E-state index is -0.395. The molecule has 3 unspecified atom stereocenters. The van der Waals surface area contributed by atoms with Crippen molar-refractivity contribution in [2.75, 3.05) is 26.7 Å². The van der Waals surface area contributed by atoms with Gasteiger partial charge >= 0.3 is 6.09 Å². The van der Waals surface area contributed by atoms with Crippen LogP contribution in [-0.2, 0) is 4.74 Å². The molecular weight excluding hydrogens is 415 g/mol. The van der Waals surface area contributed by atoms with Gasteiger partial charge in [-0.2, -0.15) is 0 Å². The van der Waals surface area contributed by atoms with Crippen molar-refractivity contribution in [2.45, 2.75) is 71.3 Å². The predicted octanol–water partition coefficient (Wildman–Crippen LogP) is 6.38. The van der Waals surface area contributed by atoms with Crippen molar-refractivity contribution in [2.24, 2.45) is 23.7 Å². The molecule has 4 nitrogen and oxygen atoms in total. The maximum atomic E-state index is 14.2. The monoisotopic (exact) mass is 458 g/mol. The van der Waals surface area contributed by atoms with E-state index < -0.39 is 6.09 Å². The molecule has 0 aromatic heterocycles. The Hall–Kier alpha value is -1.88. The van der Waals surface area contributed by atoms with Gasteiger partial charge < -0.3 is 15.0 Å². The SMILES string of the molecule is CCC(C)CC(CC)CN1CCC(C(c2cccc(F)c2)[C@H]2C=CC[C@@H]2OC(=O)NC)CC1. The van der Waals surface area contributed by atoms with E-state index >= 15 is 0 Å². The van der Waals surface area contributed by atoms with Crippen LogP contribution >= 0.6 is 0 Å². The van der Waals surface area contributed by atoms with Crippen LogP contribution in [0, 0.1) is 29.5 Å². The summed E-state index contributed by atoms with van der Waals surface area (Å²) < 4.78 is 19.9. The first-order valence-corrected chi connectivity index (χ1v) is 13.0. The summed E-state index contributed by atoms with van der Waals surface area (Å²) in [5.41, 5.74) is 1.03. The second kappa shape index (κ2) is 12.5. The molecule has 5 heteroatoms. The fraction of sp³-hybridized carbons (Fsp3) is 0.679. The van der Waals surface area contributed by atoms with Crippen LogP contribution in [-0.4, -0.2) is 43.8 Å². The van der Waals surface area contributed by atoms with E-state index in [0.29, 0.717) is 5.92 Å². The standard InChI is InChI=1S/C28H43FN2O2/c1-5-20(3)17-21(6-2)19-31-15-13-22(14-16-31)27(23-9-7-10-24(29)18-23)25-11-8-12-26(25)33-28(32)30-4/h7-11,18,20-22,25-27H,5-6,12-17,19H2,1-4H3,(H,30,32)/t20?,21?,25-,26-,27?/m0/s1. The maximum Gasteiger partial charge on any atom is 0.407 e. The number of carbonyl (C=O) groups excluding carboxylic acids is 1. The fourth-order valence-corrected chi connectivity index (χ4v) is 5.81. The average molecular weight is 459 g/mol. The molecule has 33 heavy (non-hydrogen) atoms. The van der Waals surface area contributed by atoms with Crippen molar-refractivity contribution in [3.63, 3.8) is 0 Å². The summed E-state index contributed by atoms with van der Waals surface area (Å²) in [6.45, 7) is 10.3. The zero-order chi connectivity index (χ0) is 23.8. The zero-order valence-corrected chi connectivity index (χ0v) is 20.9. The number of hydrogen-bond acceptors (Lipinski definition) is 3. The number of hydrogen-bond donors (Lipinski definition) is 1. The molecule has 3 rings (SSSR count). The minimum absolute atomic E-state index is 0.0782. The molecule has 1 fully saturated rings. The van der Waals surface area contributed by atoms with Gasteiger partial charge in [-0.1, -0.05) is 57.9 Å². The summed E-state index contributed by atoms with van der Waals surface area (Å²) >= 11 is 0. The molecule has 2 aliphatic rings. The molecule has 1 aromatic carbocycles. The van der Waals surface area contributed by atoms with Crippen molar-refractivity contribution in [3.05, 3.63) is 47.8 Å². The second-order valence-electron chi connectivity index (χ2n) is 10.2. The lowest BCUT2D eigenvalue weighted by Gasteiger charge is -2.40. The molecule has 0 bridgehead atoms. The Morgan fingerprint density at radius 2 is 2.00 bits per heavy atom. The lowest BCUT2D eigenvalue weighted by Crippen LogP contribution is -2.41. The van der Waals surface area contributed by atoms with Gasteiger partial charge in [0.2, 0.25) is 0 Å². The molecule has 1 amide bonds. The van der Waals surface area contributed by atoms with E-state index in [1.165, 1.54) is 31.9 Å². The summed E-state index contributed by atoms with van der Waals surface area (Å²) in [5.74, 6) is 2.03. The third-order valence-electron chi connectivity index (χ3n) is 7.93. The first-order chi connectivity index (χ1) is 15.9. The molecule has 1 saturated heterocycles. The highest BCUT2D eigenvalue weighted by Crippen LogP contribution is 2.44. The van der Waals surface area contributed by atoms with Crippen molar-refractivity contribution in [3.8, 4) is 0 Å². The Kier molecular flexibility index (Phi) is 9.78. The van der Waals surface area contributed by atoms with Crippen molar-refractivity contribution in [1.82, 2.24) is 10.2 Å². The van der Waals surface area contributed by atoms with Gasteiger partial charge in [-0.25, -0.2) is 9.18 Å². The molecule has 1 heterocycles. The molecule has 184 valence electrons. The van der Waals surface area contributed by atoms with Gasteiger partial charge in [0.1, 0.15) is 11.9 Å². The van der Waals surface area contributed by atoms with E-state index in [-0.39, 0.29) is 23.8 Å². The van der Waals surface area contributed by atoms with Crippen LogP contribution in [0.1, 0.15) is 70.8 Å². The number of ether oxygens (including phenoxy) is 1. The van der Waals surface area contributed by atoms with Crippen LogP contribution in [0.15, 0.2) is 36.4 Å². The van der Waals surface area contributed by atoms with Crippen LogP contribution in [0.25, 0.3) is 0 Å². The lowest BCUT2D eigenvalue weighted by molar-refractivity contribution is 0.0587. The number of rotatable bonds is 10. The second-order valence-corrected chi connectivity index (χ2v) is 10.2. The molecule has 1 aliphatic carbocycles. The number of nitrogens with one attached hydrogen (secondary N) is 1. The first-order valence-electron chi connectivity index (χ1n) is 13.0. The Balaban J connectivity index is 1.71. The summed E-state index contributed by atoms with van der Waals surface area (Å²) in [7, 11) is 1.59. The van der Waals surface area contributed by atoms with Gasteiger partial charge in [-0.3, -0.25) is 0 Å². The van der Waals surface area contributed by atoms with Crippen LogP contribution in [0.5, 0.6) is 0 Å². The van der Waals surface area contributed by atoms with Crippen LogP contribution in [0.2, 0.25) is 0 Å². The highest BCUT2D eigenvalue weighted by atomic mass is 19.1. The normalized spacial score (nSPS) is 24.4. The molecule has 5 atom stereocenters. The molecule has 0 spiro atoms. The number of benzene rings is 1. The summed E-state index contributed by atoms with van der Waals surface area (Å²) in [4.78, 5) is 14.6. The van der Waals surface area contributed by atoms with E-state index in [4.69, 9.17) is 4.74 Å². The Morgan fingerprint density at radius 3 is 2.64 bits per heavy atom. The molecule has 1 aliphatic heterocycles. The smallest absolute Gasteiger partial charge is 0.407 e. The average Bonchev–Trinajstić information content (AvgIpc) is 3.27. The summed E-state index contributed by atoms with van der Waals surface area (Å²) in [6.07, 6.45) is 10.4. The van der Waals surface area contributed by atoms with Gasteiger partial charge in [-0.15, -0.1) is 0 Å². The van der Waals surface area contributed by atoms with Crippen LogP contribution in [0.4, 0.5) is 9.18 Å². The number of halogens is 1. The third-order valence-corrected chi connectivity index (χ3v) is 7.93. The Bertz CT molecular complexity index is 775. The number of carbonyl (C=O) groups is 1. The maximum absolute atomic E-state index is 14.2. The van der Waals surface area contributed by atoms with Gasteiger partial charge in [-0.05, 0) is 73.7 Å². The van der Waals surface area contributed by atoms with Crippen molar-refractivity contribution in [1.29, 1.82) is 0 Å². The zero-order valence-electron chi connectivity index (χ0n) is 20.9. The highest BCUT2D eigenvalue weighted by molar-refractivity contribution is 5.67. The van der Waals surface area contributed by atoms with Gasteiger partial charge in [0.25, 0.3) is 0 Å². The Morgan fingerprint density at radius 1 is 1.24 bits per heavy atom. The number of likely N-dealkylation sites (tertiary alicyclic amines) is 1. The quantitative estimate of drug-likeness (QED) is 0.413. The molecule has 1 aromatic rings. The third kappa shape index (κ3) is 7.05. The predicted molar refractivity (Wildman–Crippen MR) is 133 cm³/mol. The van der Waals surface area contributed by atoms with Crippen molar-refractivity contribution < 1.29 is 13.9 Å². The van der Waals surface area contributed by atoms with E-state index in [0.717, 1.165) is 49.8 Å². The van der Waals surface area contributed by atoms with Gasteiger partial charge in [0, 0.05) is 25.9 Å². The van der Waals surface area contributed by atoms with Crippen LogP contribution < -0.4 is 5.32 Å². The first kappa shape index (κ1) is 25.7. The number of nitrogens with zero attached hydrogens (tertiary/aromatic N) is 1. The van der Waals surface area contributed by atoms with Gasteiger partial charge in [0.15, 0.2) is 0 Å². The van der Waals surface area contributed by atoms with Gasteiger partial charge in [0.05, 0.1) is 0 Å². The molecular formula is C28H43FN2O2. The molecule has 1 N–H and O–H groups in total. The number of alkyl carbamates (subject to hydrolysis) is 1. The van der Waals surface area contributed by atoms with E-state index in [2.05, 4.69) is 43.1 Å². The Labute approximate surface area is 200 Å².